The molecule has 0 saturated carbocycles. The van der Waals surface area contributed by atoms with Crippen molar-refractivity contribution in [3.8, 4) is 11.5 Å². The summed E-state index contributed by atoms with van der Waals surface area (Å²) in [4.78, 5) is 17.9. The van der Waals surface area contributed by atoms with Crippen molar-refractivity contribution in [2.75, 3.05) is 36.9 Å². The van der Waals surface area contributed by atoms with Gasteiger partial charge in [-0.3, -0.25) is 0 Å². The Hall–Kier alpha value is -2.15. The molecule has 0 unspecified atom stereocenters. The summed E-state index contributed by atoms with van der Waals surface area (Å²) < 4.78 is 5.30. The molecule has 7 nitrogen and oxygen atoms in total. The average molecular weight is 246 g/mol. The van der Waals surface area contributed by atoms with Crippen LogP contribution in [0.15, 0.2) is 18.3 Å². The van der Waals surface area contributed by atoms with Gasteiger partial charge in [0.05, 0.1) is 18.9 Å². The van der Waals surface area contributed by atoms with Crippen LogP contribution in [-0.4, -0.2) is 46.2 Å². The average Bonchev–Trinajstić information content (AvgIpc) is 2.93. The molecule has 0 aliphatic carbocycles. The van der Waals surface area contributed by atoms with Gasteiger partial charge in [-0.25, -0.2) is 0 Å². The monoisotopic (exact) mass is 246 g/mol. The highest BCUT2D eigenvalue weighted by atomic mass is 16.5. The normalized spacial score (nSPS) is 15.9. The minimum atomic E-state index is 0.232. The van der Waals surface area contributed by atoms with Gasteiger partial charge in [-0.1, -0.05) is 0 Å². The third kappa shape index (κ3) is 2.12. The Bertz CT molecular complexity index is 520. The van der Waals surface area contributed by atoms with Gasteiger partial charge in [-0.15, -0.1) is 0 Å². The second kappa shape index (κ2) is 4.61. The van der Waals surface area contributed by atoms with E-state index in [-0.39, 0.29) is 5.95 Å². The van der Waals surface area contributed by atoms with Crippen LogP contribution in [0.1, 0.15) is 0 Å². The van der Waals surface area contributed by atoms with E-state index in [2.05, 4.69) is 19.9 Å². The first-order chi connectivity index (χ1) is 8.83. The van der Waals surface area contributed by atoms with Gasteiger partial charge in [0.25, 0.3) is 0 Å². The van der Waals surface area contributed by atoms with Gasteiger partial charge in [0, 0.05) is 19.3 Å². The number of nitrogens with zero attached hydrogens (tertiary/aromatic N) is 4. The van der Waals surface area contributed by atoms with Crippen molar-refractivity contribution in [1.82, 2.24) is 19.9 Å². The summed E-state index contributed by atoms with van der Waals surface area (Å²) >= 11 is 0. The van der Waals surface area contributed by atoms with E-state index in [1.54, 1.807) is 0 Å². The van der Waals surface area contributed by atoms with Crippen molar-refractivity contribution >= 4 is 11.9 Å². The summed E-state index contributed by atoms with van der Waals surface area (Å²) in [7, 11) is 0. The second-order valence-corrected chi connectivity index (χ2v) is 4.00. The van der Waals surface area contributed by atoms with Crippen LogP contribution < -0.4 is 10.6 Å². The standard InChI is InChI=1S/C11H14N6O/c12-10-14-9(8-2-1-3-13-8)15-11(16-10)17-4-6-18-7-5-17/h1-3,13H,4-7H2,(H2,12,14,15,16). The molecule has 3 N–H and O–H groups in total. The molecule has 7 heteroatoms. The van der Waals surface area contributed by atoms with Crippen LogP contribution in [0.4, 0.5) is 11.9 Å². The number of morpholine rings is 1. The Balaban J connectivity index is 1.95. The van der Waals surface area contributed by atoms with E-state index in [4.69, 9.17) is 10.5 Å². The lowest BCUT2D eigenvalue weighted by Crippen LogP contribution is -2.37. The number of aromatic nitrogens is 4. The minimum absolute atomic E-state index is 0.232. The lowest BCUT2D eigenvalue weighted by molar-refractivity contribution is 0.122. The molecule has 1 aliphatic rings. The first-order valence-electron chi connectivity index (χ1n) is 5.81. The number of hydrogen-bond donors (Lipinski definition) is 2. The maximum absolute atomic E-state index is 5.74. The van der Waals surface area contributed by atoms with Crippen LogP contribution in [-0.2, 0) is 4.74 Å². The van der Waals surface area contributed by atoms with Gasteiger partial charge in [0.1, 0.15) is 0 Å². The van der Waals surface area contributed by atoms with Crippen molar-refractivity contribution in [3.05, 3.63) is 18.3 Å². The summed E-state index contributed by atoms with van der Waals surface area (Å²) in [5.41, 5.74) is 6.57. The van der Waals surface area contributed by atoms with Crippen LogP contribution in [0.3, 0.4) is 0 Å². The first kappa shape index (κ1) is 11.0. The summed E-state index contributed by atoms with van der Waals surface area (Å²) in [6.45, 7) is 2.91. The molecule has 0 atom stereocenters. The van der Waals surface area contributed by atoms with E-state index in [1.807, 2.05) is 23.2 Å². The Labute approximate surface area is 104 Å². The van der Waals surface area contributed by atoms with Crippen LogP contribution in [0, 0.1) is 0 Å². The summed E-state index contributed by atoms with van der Waals surface area (Å²) in [6.07, 6.45) is 1.82. The number of hydrogen-bond acceptors (Lipinski definition) is 6. The molecule has 3 rings (SSSR count). The molecule has 0 spiro atoms. The molecule has 0 amide bonds. The molecule has 0 radical (unpaired) electrons. The topological polar surface area (TPSA) is 93.0 Å². The Kier molecular flexibility index (Phi) is 2.81. The summed E-state index contributed by atoms with van der Waals surface area (Å²) in [5, 5.41) is 0. The molecule has 0 bridgehead atoms. The van der Waals surface area contributed by atoms with E-state index in [0.29, 0.717) is 25.0 Å². The lowest BCUT2D eigenvalue weighted by atomic mass is 10.4. The molecular weight excluding hydrogens is 232 g/mol. The predicted molar refractivity (Wildman–Crippen MR) is 67.1 cm³/mol. The van der Waals surface area contributed by atoms with Crippen LogP contribution in [0.2, 0.25) is 0 Å². The molecule has 0 aromatic carbocycles. The van der Waals surface area contributed by atoms with Gasteiger partial charge in [0.2, 0.25) is 11.9 Å². The van der Waals surface area contributed by atoms with E-state index in [9.17, 15) is 0 Å². The summed E-state index contributed by atoms with van der Waals surface area (Å²) in [6, 6.07) is 3.79. The maximum atomic E-state index is 5.74. The molecule has 94 valence electrons. The highest BCUT2D eigenvalue weighted by Crippen LogP contribution is 2.17. The van der Waals surface area contributed by atoms with Gasteiger partial charge in [-0.05, 0) is 12.1 Å². The molecule has 1 saturated heterocycles. The number of ether oxygens (including phenoxy) is 1. The minimum Gasteiger partial charge on any atom is -0.378 e. The van der Waals surface area contributed by atoms with Gasteiger partial charge < -0.3 is 20.4 Å². The van der Waals surface area contributed by atoms with Crippen molar-refractivity contribution in [3.63, 3.8) is 0 Å². The second-order valence-electron chi connectivity index (χ2n) is 4.00. The molecule has 2 aromatic rings. The third-order valence-electron chi connectivity index (χ3n) is 2.77. The molecule has 1 fully saturated rings. The fraction of sp³-hybridized carbons (Fsp3) is 0.364. The van der Waals surface area contributed by atoms with Crippen LogP contribution in [0.5, 0.6) is 0 Å². The maximum Gasteiger partial charge on any atom is 0.230 e. The zero-order chi connectivity index (χ0) is 12.4. The Morgan fingerprint density at radius 3 is 2.78 bits per heavy atom. The first-order valence-corrected chi connectivity index (χ1v) is 5.81. The number of rotatable bonds is 2. The van der Waals surface area contributed by atoms with Crippen LogP contribution in [0.25, 0.3) is 11.5 Å². The predicted octanol–water partition coefficient (Wildman–Crippen LogP) is 0.285. The Morgan fingerprint density at radius 1 is 1.22 bits per heavy atom. The van der Waals surface area contributed by atoms with Gasteiger partial charge in [-0.2, -0.15) is 15.0 Å². The van der Waals surface area contributed by atoms with Crippen molar-refractivity contribution < 1.29 is 4.74 Å². The van der Waals surface area contributed by atoms with Crippen molar-refractivity contribution in [2.45, 2.75) is 0 Å². The number of nitrogens with two attached hydrogens (primary N) is 1. The van der Waals surface area contributed by atoms with Gasteiger partial charge >= 0.3 is 0 Å². The fourth-order valence-corrected chi connectivity index (χ4v) is 1.88. The van der Waals surface area contributed by atoms with E-state index in [1.165, 1.54) is 0 Å². The van der Waals surface area contributed by atoms with Crippen molar-refractivity contribution in [1.29, 1.82) is 0 Å². The van der Waals surface area contributed by atoms with Gasteiger partial charge in [0.15, 0.2) is 5.82 Å². The third-order valence-corrected chi connectivity index (χ3v) is 2.77. The SMILES string of the molecule is Nc1nc(-c2ccc[nH]2)nc(N2CCOCC2)n1. The number of aromatic amines is 1. The zero-order valence-corrected chi connectivity index (χ0v) is 9.83. The molecule has 3 heterocycles. The smallest absolute Gasteiger partial charge is 0.230 e. The largest absolute Gasteiger partial charge is 0.378 e. The molecule has 18 heavy (non-hydrogen) atoms. The number of nitrogen functional groups attached to an aromatic ring is 1. The molecule has 2 aromatic heterocycles. The number of nitrogens with one attached hydrogen (secondary N) is 1. The molecule has 1 aliphatic heterocycles. The van der Waals surface area contributed by atoms with Crippen molar-refractivity contribution in [2.24, 2.45) is 0 Å². The quantitative estimate of drug-likeness (QED) is 0.791. The number of anilines is 2. The summed E-state index contributed by atoms with van der Waals surface area (Å²) in [5.74, 6) is 1.40. The molecular formula is C11H14N6O. The van der Waals surface area contributed by atoms with Crippen LogP contribution >= 0.6 is 0 Å². The number of H-pyrrole nitrogens is 1. The zero-order valence-electron chi connectivity index (χ0n) is 9.83. The fourth-order valence-electron chi connectivity index (χ4n) is 1.88. The highest BCUT2D eigenvalue weighted by molar-refractivity contribution is 5.53. The highest BCUT2D eigenvalue weighted by Gasteiger charge is 2.16. The van der Waals surface area contributed by atoms with E-state index < -0.39 is 0 Å². The van der Waals surface area contributed by atoms with E-state index >= 15 is 0 Å². The Morgan fingerprint density at radius 2 is 2.06 bits per heavy atom. The lowest BCUT2D eigenvalue weighted by Gasteiger charge is -2.26. The van der Waals surface area contributed by atoms with E-state index in [0.717, 1.165) is 18.8 Å².